The van der Waals surface area contributed by atoms with Crippen LogP contribution in [0, 0.1) is 18.6 Å². The highest BCUT2D eigenvalue weighted by molar-refractivity contribution is 5.55. The maximum absolute atomic E-state index is 14.1. The lowest BCUT2D eigenvalue weighted by atomic mass is 10.1. The molecular formula is C22H17F2N3O. The van der Waals surface area contributed by atoms with Gasteiger partial charge in [0, 0.05) is 5.69 Å². The quantitative estimate of drug-likeness (QED) is 0.497. The van der Waals surface area contributed by atoms with Gasteiger partial charge in [0.15, 0.2) is 0 Å². The molecule has 6 heteroatoms. The van der Waals surface area contributed by atoms with Crippen molar-refractivity contribution in [2.45, 2.75) is 13.0 Å². The number of halogens is 2. The first-order valence-electron chi connectivity index (χ1n) is 8.78. The molecule has 0 unspecified atom stereocenters. The Balaban J connectivity index is 1.73. The van der Waals surface area contributed by atoms with Gasteiger partial charge in [-0.25, -0.2) is 8.78 Å². The third-order valence-corrected chi connectivity index (χ3v) is 4.41. The van der Waals surface area contributed by atoms with Gasteiger partial charge < -0.3 is 9.73 Å². The maximum atomic E-state index is 14.1. The van der Waals surface area contributed by atoms with Crippen molar-refractivity contribution in [1.82, 2.24) is 10.2 Å². The second-order valence-electron chi connectivity index (χ2n) is 6.37. The van der Waals surface area contributed by atoms with Gasteiger partial charge in [-0.1, -0.05) is 42.5 Å². The molecule has 4 nitrogen and oxygen atoms in total. The second kappa shape index (κ2) is 7.60. The van der Waals surface area contributed by atoms with Crippen LogP contribution in [0.15, 0.2) is 77.2 Å². The van der Waals surface area contributed by atoms with Crippen molar-refractivity contribution in [3.05, 3.63) is 101 Å². The molecule has 0 bridgehead atoms. The number of nitrogens with zero attached hydrogens (tertiary/aromatic N) is 2. The minimum absolute atomic E-state index is 0.103. The Bertz CT molecular complexity index is 1100. The molecule has 4 rings (SSSR count). The van der Waals surface area contributed by atoms with E-state index in [0.717, 1.165) is 16.8 Å². The molecule has 0 saturated heterocycles. The Morgan fingerprint density at radius 3 is 2.39 bits per heavy atom. The average molecular weight is 377 g/mol. The SMILES string of the molecule is Cc1cc(F)ccc1N[C@@H](c1ccccc1)c1nnc(-c2ccccc2F)o1. The number of benzene rings is 3. The van der Waals surface area contributed by atoms with E-state index in [4.69, 9.17) is 4.42 Å². The molecule has 0 aliphatic carbocycles. The first kappa shape index (κ1) is 17.9. The fraction of sp³-hybridized carbons (Fsp3) is 0.0909. The summed E-state index contributed by atoms with van der Waals surface area (Å²) >= 11 is 0. The third-order valence-electron chi connectivity index (χ3n) is 4.41. The van der Waals surface area contributed by atoms with E-state index in [0.29, 0.717) is 0 Å². The van der Waals surface area contributed by atoms with E-state index in [9.17, 15) is 8.78 Å². The van der Waals surface area contributed by atoms with Gasteiger partial charge in [-0.3, -0.25) is 0 Å². The summed E-state index contributed by atoms with van der Waals surface area (Å²) < 4.78 is 33.3. The molecular weight excluding hydrogens is 360 g/mol. The molecule has 140 valence electrons. The van der Waals surface area contributed by atoms with Gasteiger partial charge in [-0.05, 0) is 48.4 Å². The summed E-state index contributed by atoms with van der Waals surface area (Å²) in [6, 6.07) is 19.8. The molecule has 3 aromatic carbocycles. The van der Waals surface area contributed by atoms with Crippen molar-refractivity contribution in [2.75, 3.05) is 5.32 Å². The van der Waals surface area contributed by atoms with Crippen LogP contribution in [0.4, 0.5) is 14.5 Å². The molecule has 0 aliphatic heterocycles. The largest absolute Gasteiger partial charge is 0.418 e. The van der Waals surface area contributed by atoms with Gasteiger partial charge in [0.2, 0.25) is 5.89 Å². The lowest BCUT2D eigenvalue weighted by Crippen LogP contribution is -2.13. The molecule has 0 spiro atoms. The summed E-state index contributed by atoms with van der Waals surface area (Å²) in [4.78, 5) is 0. The van der Waals surface area contributed by atoms with E-state index < -0.39 is 11.9 Å². The Morgan fingerprint density at radius 1 is 0.893 bits per heavy atom. The first-order valence-corrected chi connectivity index (χ1v) is 8.78. The van der Waals surface area contributed by atoms with Crippen LogP contribution >= 0.6 is 0 Å². The number of hydrogen-bond acceptors (Lipinski definition) is 4. The van der Waals surface area contributed by atoms with Crippen LogP contribution in [0.5, 0.6) is 0 Å². The summed E-state index contributed by atoms with van der Waals surface area (Å²) in [5.74, 6) is -0.352. The zero-order valence-electron chi connectivity index (χ0n) is 15.1. The number of anilines is 1. The molecule has 1 heterocycles. The topological polar surface area (TPSA) is 51.0 Å². The van der Waals surface area contributed by atoms with E-state index in [1.165, 1.54) is 18.2 Å². The zero-order valence-corrected chi connectivity index (χ0v) is 15.1. The number of hydrogen-bond donors (Lipinski definition) is 1. The Kier molecular flexibility index (Phi) is 4.85. The predicted octanol–water partition coefficient (Wildman–Crippen LogP) is 5.52. The van der Waals surface area contributed by atoms with E-state index in [1.807, 2.05) is 37.3 Å². The van der Waals surface area contributed by atoms with Gasteiger partial charge in [0.25, 0.3) is 5.89 Å². The van der Waals surface area contributed by atoms with E-state index in [2.05, 4.69) is 15.5 Å². The molecule has 0 radical (unpaired) electrons. The highest BCUT2D eigenvalue weighted by Crippen LogP contribution is 2.30. The van der Waals surface area contributed by atoms with E-state index in [-0.39, 0.29) is 23.2 Å². The van der Waals surface area contributed by atoms with Crippen LogP contribution in [-0.2, 0) is 0 Å². The number of aromatic nitrogens is 2. The highest BCUT2D eigenvalue weighted by Gasteiger charge is 2.23. The van der Waals surface area contributed by atoms with Crippen LogP contribution < -0.4 is 5.32 Å². The summed E-state index contributed by atoms with van der Waals surface area (Å²) in [5.41, 5.74) is 2.61. The molecule has 0 saturated carbocycles. The number of nitrogens with one attached hydrogen (secondary N) is 1. The van der Waals surface area contributed by atoms with Crippen LogP contribution in [0.1, 0.15) is 23.1 Å². The monoisotopic (exact) mass is 377 g/mol. The maximum Gasteiger partial charge on any atom is 0.250 e. The van der Waals surface area contributed by atoms with Crippen LogP contribution in [-0.4, -0.2) is 10.2 Å². The van der Waals surface area contributed by atoms with Gasteiger partial charge >= 0.3 is 0 Å². The Hall–Kier alpha value is -3.54. The van der Waals surface area contributed by atoms with Gasteiger partial charge in [-0.15, -0.1) is 10.2 Å². The second-order valence-corrected chi connectivity index (χ2v) is 6.37. The van der Waals surface area contributed by atoms with E-state index >= 15 is 0 Å². The molecule has 1 atom stereocenters. The van der Waals surface area contributed by atoms with Crippen molar-refractivity contribution in [3.63, 3.8) is 0 Å². The summed E-state index contributed by atoms with van der Waals surface area (Å²) in [6.07, 6.45) is 0. The normalized spacial score (nSPS) is 12.0. The molecule has 1 N–H and O–H groups in total. The number of aryl methyl sites for hydroxylation is 1. The summed E-state index contributed by atoms with van der Waals surface area (Å²) in [5, 5.41) is 11.5. The Morgan fingerprint density at radius 2 is 1.64 bits per heavy atom. The van der Waals surface area contributed by atoms with Crippen molar-refractivity contribution in [2.24, 2.45) is 0 Å². The van der Waals surface area contributed by atoms with Gasteiger partial charge in [0.1, 0.15) is 17.7 Å². The molecule has 4 aromatic rings. The first-order chi connectivity index (χ1) is 13.6. The predicted molar refractivity (Wildman–Crippen MR) is 103 cm³/mol. The van der Waals surface area contributed by atoms with Crippen LogP contribution in [0.25, 0.3) is 11.5 Å². The summed E-state index contributed by atoms with van der Waals surface area (Å²) in [6.45, 7) is 1.81. The third kappa shape index (κ3) is 3.62. The average Bonchev–Trinajstić information content (AvgIpc) is 3.18. The molecule has 1 aromatic heterocycles. The fourth-order valence-corrected chi connectivity index (χ4v) is 2.97. The fourth-order valence-electron chi connectivity index (χ4n) is 2.97. The molecule has 0 amide bonds. The Labute approximate surface area is 160 Å². The molecule has 0 aliphatic rings. The minimum atomic E-state index is -0.474. The molecule has 28 heavy (non-hydrogen) atoms. The minimum Gasteiger partial charge on any atom is -0.418 e. The number of rotatable bonds is 5. The zero-order chi connectivity index (χ0) is 19.5. The van der Waals surface area contributed by atoms with E-state index in [1.54, 1.807) is 24.3 Å². The van der Waals surface area contributed by atoms with Crippen LogP contribution in [0.2, 0.25) is 0 Å². The highest BCUT2D eigenvalue weighted by atomic mass is 19.1. The van der Waals surface area contributed by atoms with Gasteiger partial charge in [-0.2, -0.15) is 0 Å². The van der Waals surface area contributed by atoms with Crippen molar-refractivity contribution in [1.29, 1.82) is 0 Å². The van der Waals surface area contributed by atoms with Crippen LogP contribution in [0.3, 0.4) is 0 Å². The van der Waals surface area contributed by atoms with Crippen molar-refractivity contribution >= 4 is 5.69 Å². The molecule has 0 fully saturated rings. The van der Waals surface area contributed by atoms with Crippen molar-refractivity contribution < 1.29 is 13.2 Å². The standard InChI is InChI=1S/C22H17F2N3O/c1-14-13-16(23)11-12-19(14)25-20(15-7-3-2-4-8-15)22-27-26-21(28-22)17-9-5-6-10-18(17)24/h2-13,20,25H,1H3/t20-/m0/s1. The smallest absolute Gasteiger partial charge is 0.250 e. The lowest BCUT2D eigenvalue weighted by molar-refractivity contribution is 0.490. The van der Waals surface area contributed by atoms with Crippen molar-refractivity contribution in [3.8, 4) is 11.5 Å². The summed E-state index contributed by atoms with van der Waals surface area (Å²) in [7, 11) is 0. The van der Waals surface area contributed by atoms with Gasteiger partial charge in [0.05, 0.1) is 5.56 Å². The lowest BCUT2D eigenvalue weighted by Gasteiger charge is -2.18.